The maximum Gasteiger partial charge on any atom is 0.0399 e. The molecule has 24 heavy (non-hydrogen) atoms. The van der Waals surface area contributed by atoms with Crippen LogP contribution in [0.1, 0.15) is 41.0 Å². The summed E-state index contributed by atoms with van der Waals surface area (Å²) in [4.78, 5) is 0. The van der Waals surface area contributed by atoms with Gasteiger partial charge in [-0.1, -0.05) is 48.0 Å². The second kappa shape index (κ2) is 7.85. The summed E-state index contributed by atoms with van der Waals surface area (Å²) in [7, 11) is 0. The lowest BCUT2D eigenvalue weighted by molar-refractivity contribution is 0.469. The molecular weight excluding hydrogens is 292 g/mol. The Balaban J connectivity index is 1.52. The van der Waals surface area contributed by atoms with Gasteiger partial charge in [0.05, 0.1) is 0 Å². The van der Waals surface area contributed by atoms with E-state index in [9.17, 15) is 0 Å². The van der Waals surface area contributed by atoms with Crippen LogP contribution in [-0.4, -0.2) is 19.6 Å². The Bertz CT molecular complexity index is 640. The van der Waals surface area contributed by atoms with Gasteiger partial charge in [-0.2, -0.15) is 0 Å². The molecule has 2 aromatic carbocycles. The van der Waals surface area contributed by atoms with Crippen LogP contribution in [0, 0.1) is 26.7 Å². The molecule has 1 aliphatic rings. The van der Waals surface area contributed by atoms with E-state index >= 15 is 0 Å². The largest absolute Gasteiger partial charge is 0.385 e. The third kappa shape index (κ3) is 3.99. The fourth-order valence-electron chi connectivity index (χ4n) is 4.16. The third-order valence-corrected chi connectivity index (χ3v) is 5.30. The van der Waals surface area contributed by atoms with Crippen molar-refractivity contribution in [2.75, 3.05) is 25.0 Å². The zero-order valence-corrected chi connectivity index (χ0v) is 15.2. The molecule has 1 heterocycles. The highest BCUT2D eigenvalue weighted by molar-refractivity contribution is 5.58. The standard InChI is InChI=1S/C22H30N2/c1-16-12-17(2)22(18(3)13-16)24-11-7-10-20-14-23-15-21(20)19-8-5-4-6-9-19/h4-6,8-9,12-13,20-21,23-24H,7,10-11,14-15H2,1-3H3. The number of benzene rings is 2. The maximum atomic E-state index is 3.67. The number of aryl methyl sites for hydroxylation is 3. The Labute approximate surface area is 146 Å². The first-order valence-corrected chi connectivity index (χ1v) is 9.22. The molecule has 0 bridgehead atoms. The van der Waals surface area contributed by atoms with Gasteiger partial charge in [-0.3, -0.25) is 0 Å². The summed E-state index contributed by atoms with van der Waals surface area (Å²) in [6, 6.07) is 15.5. The lowest BCUT2D eigenvalue weighted by Crippen LogP contribution is -2.13. The van der Waals surface area contributed by atoms with Crippen molar-refractivity contribution in [3.63, 3.8) is 0 Å². The van der Waals surface area contributed by atoms with Crippen LogP contribution < -0.4 is 10.6 Å². The minimum Gasteiger partial charge on any atom is -0.385 e. The van der Waals surface area contributed by atoms with Gasteiger partial charge in [0, 0.05) is 24.7 Å². The third-order valence-electron chi connectivity index (χ3n) is 5.30. The van der Waals surface area contributed by atoms with Crippen LogP contribution in [0.5, 0.6) is 0 Å². The predicted molar refractivity (Wildman–Crippen MR) is 104 cm³/mol. The van der Waals surface area contributed by atoms with Gasteiger partial charge in [0.1, 0.15) is 0 Å². The van der Waals surface area contributed by atoms with Crippen LogP contribution >= 0.6 is 0 Å². The summed E-state index contributed by atoms with van der Waals surface area (Å²) in [6.07, 6.45) is 2.51. The molecule has 1 fully saturated rings. The summed E-state index contributed by atoms with van der Waals surface area (Å²) < 4.78 is 0. The summed E-state index contributed by atoms with van der Waals surface area (Å²) in [5.74, 6) is 1.43. The Hall–Kier alpha value is -1.80. The predicted octanol–water partition coefficient (Wildman–Crippen LogP) is 4.81. The lowest BCUT2D eigenvalue weighted by Gasteiger charge is -2.20. The molecule has 2 atom stereocenters. The molecule has 0 aromatic heterocycles. The molecule has 2 heteroatoms. The van der Waals surface area contributed by atoms with Crippen LogP contribution in [0.3, 0.4) is 0 Å². The van der Waals surface area contributed by atoms with E-state index < -0.39 is 0 Å². The van der Waals surface area contributed by atoms with Gasteiger partial charge in [-0.25, -0.2) is 0 Å². The van der Waals surface area contributed by atoms with Gasteiger partial charge in [0.2, 0.25) is 0 Å². The second-order valence-electron chi connectivity index (χ2n) is 7.28. The molecule has 0 radical (unpaired) electrons. The van der Waals surface area contributed by atoms with E-state index in [0.29, 0.717) is 5.92 Å². The van der Waals surface area contributed by atoms with E-state index in [1.54, 1.807) is 0 Å². The molecule has 0 amide bonds. The van der Waals surface area contributed by atoms with E-state index in [4.69, 9.17) is 0 Å². The van der Waals surface area contributed by atoms with E-state index in [1.165, 1.54) is 40.8 Å². The van der Waals surface area contributed by atoms with Crippen molar-refractivity contribution in [3.8, 4) is 0 Å². The molecule has 0 spiro atoms. The summed E-state index contributed by atoms with van der Waals surface area (Å²) in [6.45, 7) is 9.91. The van der Waals surface area contributed by atoms with Crippen molar-refractivity contribution >= 4 is 5.69 Å². The Morgan fingerprint density at radius 2 is 1.71 bits per heavy atom. The normalized spacial score (nSPS) is 20.3. The zero-order valence-electron chi connectivity index (χ0n) is 15.2. The van der Waals surface area contributed by atoms with Crippen molar-refractivity contribution in [1.29, 1.82) is 0 Å². The molecular formula is C22H30N2. The Morgan fingerprint density at radius 3 is 2.42 bits per heavy atom. The number of rotatable bonds is 6. The number of anilines is 1. The van der Waals surface area contributed by atoms with Crippen LogP contribution in [0.25, 0.3) is 0 Å². The fourth-order valence-corrected chi connectivity index (χ4v) is 4.16. The molecule has 2 unspecified atom stereocenters. The number of hydrogen-bond donors (Lipinski definition) is 2. The van der Waals surface area contributed by atoms with Crippen LogP contribution in [0.15, 0.2) is 42.5 Å². The van der Waals surface area contributed by atoms with Crippen molar-refractivity contribution < 1.29 is 0 Å². The van der Waals surface area contributed by atoms with Gasteiger partial charge in [-0.15, -0.1) is 0 Å². The highest BCUT2D eigenvalue weighted by atomic mass is 14.9. The average Bonchev–Trinajstić information content (AvgIpc) is 3.02. The fraction of sp³-hybridized carbons (Fsp3) is 0.455. The lowest BCUT2D eigenvalue weighted by atomic mass is 9.86. The van der Waals surface area contributed by atoms with Gasteiger partial charge < -0.3 is 10.6 Å². The molecule has 0 aliphatic carbocycles. The average molecular weight is 322 g/mol. The van der Waals surface area contributed by atoms with E-state index in [0.717, 1.165) is 25.6 Å². The highest BCUT2D eigenvalue weighted by Gasteiger charge is 2.27. The van der Waals surface area contributed by atoms with E-state index in [-0.39, 0.29) is 0 Å². The molecule has 0 saturated carbocycles. The Morgan fingerprint density at radius 1 is 1.00 bits per heavy atom. The van der Waals surface area contributed by atoms with Crippen molar-refractivity contribution in [2.24, 2.45) is 5.92 Å². The van der Waals surface area contributed by atoms with E-state index in [2.05, 4.69) is 73.9 Å². The molecule has 1 saturated heterocycles. The molecule has 128 valence electrons. The molecule has 2 N–H and O–H groups in total. The van der Waals surface area contributed by atoms with E-state index in [1.807, 2.05) is 0 Å². The van der Waals surface area contributed by atoms with Gasteiger partial charge in [0.25, 0.3) is 0 Å². The maximum absolute atomic E-state index is 3.67. The zero-order chi connectivity index (χ0) is 16.9. The van der Waals surface area contributed by atoms with Crippen LogP contribution in [-0.2, 0) is 0 Å². The summed E-state index contributed by atoms with van der Waals surface area (Å²) >= 11 is 0. The number of hydrogen-bond acceptors (Lipinski definition) is 2. The second-order valence-corrected chi connectivity index (χ2v) is 7.28. The molecule has 2 aromatic rings. The Kier molecular flexibility index (Phi) is 5.57. The first kappa shape index (κ1) is 17.0. The highest BCUT2D eigenvalue weighted by Crippen LogP contribution is 2.31. The molecule has 3 rings (SSSR count). The molecule has 2 nitrogen and oxygen atoms in total. The monoisotopic (exact) mass is 322 g/mol. The quantitative estimate of drug-likeness (QED) is 0.746. The van der Waals surface area contributed by atoms with Crippen LogP contribution in [0.2, 0.25) is 0 Å². The smallest absolute Gasteiger partial charge is 0.0399 e. The minimum atomic E-state index is 0.675. The molecule has 1 aliphatic heterocycles. The first-order chi connectivity index (χ1) is 11.6. The summed E-state index contributed by atoms with van der Waals surface area (Å²) in [5.41, 5.74) is 6.88. The van der Waals surface area contributed by atoms with Gasteiger partial charge >= 0.3 is 0 Å². The SMILES string of the molecule is Cc1cc(C)c(NCCCC2CNCC2c2ccccc2)c(C)c1. The summed E-state index contributed by atoms with van der Waals surface area (Å²) in [5, 5.41) is 7.25. The number of nitrogens with one attached hydrogen (secondary N) is 2. The first-order valence-electron chi connectivity index (χ1n) is 9.22. The topological polar surface area (TPSA) is 24.1 Å². The van der Waals surface area contributed by atoms with Gasteiger partial charge in [-0.05, 0) is 62.8 Å². The minimum absolute atomic E-state index is 0.675. The van der Waals surface area contributed by atoms with Crippen molar-refractivity contribution in [3.05, 3.63) is 64.7 Å². The van der Waals surface area contributed by atoms with Gasteiger partial charge in [0.15, 0.2) is 0 Å². The van der Waals surface area contributed by atoms with Crippen LogP contribution in [0.4, 0.5) is 5.69 Å². The van der Waals surface area contributed by atoms with Crippen molar-refractivity contribution in [2.45, 2.75) is 39.5 Å². The van der Waals surface area contributed by atoms with Crippen molar-refractivity contribution in [1.82, 2.24) is 5.32 Å².